The average Bonchev–Trinajstić information content (AvgIpc) is 3.27. The molecule has 0 unspecified atom stereocenters. The van der Waals surface area contributed by atoms with Gasteiger partial charge in [0.15, 0.2) is 6.10 Å². The zero-order valence-electron chi connectivity index (χ0n) is 40.1. The molecule has 0 N–H and O–H groups in total. The van der Waals surface area contributed by atoms with Gasteiger partial charge in [-0.1, -0.05) is 201 Å². The third kappa shape index (κ3) is 47.4. The van der Waals surface area contributed by atoms with Crippen molar-refractivity contribution in [3.63, 3.8) is 0 Å². The normalized spacial score (nSPS) is 12.9. The fourth-order valence-corrected chi connectivity index (χ4v) is 6.54. The largest absolute Gasteiger partial charge is 0.462 e. The minimum atomic E-state index is -0.821. The minimum absolute atomic E-state index is 0.112. The molecule has 0 aliphatic rings. The summed E-state index contributed by atoms with van der Waals surface area (Å²) >= 11 is 0. The molecule has 0 aliphatic heterocycles. The van der Waals surface area contributed by atoms with Crippen molar-refractivity contribution < 1.29 is 28.6 Å². The molecule has 352 valence electrons. The summed E-state index contributed by atoms with van der Waals surface area (Å²) in [5, 5.41) is 0. The molecule has 6 heteroatoms. The van der Waals surface area contributed by atoms with E-state index in [0.717, 1.165) is 83.5 Å². The third-order valence-corrected chi connectivity index (χ3v) is 10.3. The van der Waals surface area contributed by atoms with Gasteiger partial charge in [-0.3, -0.25) is 14.4 Å². The summed E-state index contributed by atoms with van der Waals surface area (Å²) in [6.07, 6.45) is 65.4. The fraction of sp³-hybridized carbons (Fsp3) is 0.661. The van der Waals surface area contributed by atoms with Crippen LogP contribution in [0.15, 0.2) is 97.2 Å². The first-order chi connectivity index (χ1) is 30.5. The second-order valence-corrected chi connectivity index (χ2v) is 16.3. The number of unbranched alkanes of at least 4 members (excludes halogenated alkanes) is 17. The van der Waals surface area contributed by atoms with Crippen molar-refractivity contribution in [1.29, 1.82) is 0 Å². The van der Waals surface area contributed by atoms with Gasteiger partial charge in [-0.25, -0.2) is 0 Å². The number of esters is 3. The van der Waals surface area contributed by atoms with E-state index < -0.39 is 6.10 Å². The van der Waals surface area contributed by atoms with Crippen molar-refractivity contribution in [2.45, 2.75) is 226 Å². The highest BCUT2D eigenvalue weighted by molar-refractivity contribution is 5.71. The molecule has 0 amide bonds. The van der Waals surface area contributed by atoms with Crippen molar-refractivity contribution >= 4 is 17.9 Å². The molecule has 62 heavy (non-hydrogen) atoms. The summed E-state index contributed by atoms with van der Waals surface area (Å²) in [6, 6.07) is 0. The predicted molar refractivity (Wildman–Crippen MR) is 265 cm³/mol. The van der Waals surface area contributed by atoms with Gasteiger partial charge in [-0.15, -0.1) is 0 Å². The summed E-state index contributed by atoms with van der Waals surface area (Å²) in [5.41, 5.74) is 0. The Labute approximate surface area is 381 Å². The van der Waals surface area contributed by atoms with Gasteiger partial charge in [0.05, 0.1) is 0 Å². The highest BCUT2D eigenvalue weighted by Crippen LogP contribution is 2.13. The molecule has 0 radical (unpaired) electrons. The molecule has 1 atom stereocenters. The van der Waals surface area contributed by atoms with Crippen LogP contribution in [-0.4, -0.2) is 37.2 Å². The topological polar surface area (TPSA) is 78.9 Å². The maximum Gasteiger partial charge on any atom is 0.306 e. The zero-order valence-corrected chi connectivity index (χ0v) is 40.1. The van der Waals surface area contributed by atoms with Crippen LogP contribution in [0.3, 0.4) is 0 Å². The van der Waals surface area contributed by atoms with Gasteiger partial charge in [0.1, 0.15) is 13.2 Å². The first-order valence-electron chi connectivity index (χ1n) is 25.2. The number of hydrogen-bond acceptors (Lipinski definition) is 6. The summed E-state index contributed by atoms with van der Waals surface area (Å²) in [7, 11) is 0. The van der Waals surface area contributed by atoms with E-state index >= 15 is 0 Å². The van der Waals surface area contributed by atoms with Crippen LogP contribution in [0.2, 0.25) is 0 Å². The molecule has 0 aromatic rings. The van der Waals surface area contributed by atoms with Crippen LogP contribution in [-0.2, 0) is 28.6 Å². The monoisotopic (exact) mass is 861 g/mol. The van der Waals surface area contributed by atoms with E-state index in [9.17, 15) is 14.4 Å². The Hall–Kier alpha value is -3.67. The Morgan fingerprint density at radius 1 is 0.339 bits per heavy atom. The van der Waals surface area contributed by atoms with Gasteiger partial charge in [0, 0.05) is 19.3 Å². The molecule has 6 nitrogen and oxygen atoms in total. The highest BCUT2D eigenvalue weighted by atomic mass is 16.6. The maximum atomic E-state index is 12.8. The van der Waals surface area contributed by atoms with E-state index in [2.05, 4.69) is 118 Å². The van der Waals surface area contributed by atoms with E-state index in [1.54, 1.807) is 0 Å². The van der Waals surface area contributed by atoms with Crippen molar-refractivity contribution in [1.82, 2.24) is 0 Å². The van der Waals surface area contributed by atoms with Crippen LogP contribution in [0.4, 0.5) is 0 Å². The predicted octanol–water partition coefficient (Wildman–Crippen LogP) is 16.6. The van der Waals surface area contributed by atoms with Crippen LogP contribution in [0, 0.1) is 0 Å². The molecule has 0 heterocycles. The van der Waals surface area contributed by atoms with E-state index in [0.29, 0.717) is 25.7 Å². The second kappa shape index (κ2) is 50.0. The van der Waals surface area contributed by atoms with Crippen molar-refractivity contribution in [2.24, 2.45) is 0 Å². The molecule has 0 fully saturated rings. The lowest BCUT2D eigenvalue weighted by atomic mass is 10.0. The van der Waals surface area contributed by atoms with Gasteiger partial charge in [0.25, 0.3) is 0 Å². The van der Waals surface area contributed by atoms with Gasteiger partial charge >= 0.3 is 17.9 Å². The summed E-state index contributed by atoms with van der Waals surface area (Å²) in [5.74, 6) is -1.02. The first kappa shape index (κ1) is 58.3. The Bertz CT molecular complexity index is 1260. The number of hydrogen-bond donors (Lipinski definition) is 0. The number of rotatable bonds is 44. The Kier molecular flexibility index (Phi) is 47.0. The van der Waals surface area contributed by atoms with Gasteiger partial charge in [-0.2, -0.15) is 0 Å². The summed E-state index contributed by atoms with van der Waals surface area (Å²) in [6.45, 7) is 6.40. The Morgan fingerprint density at radius 2 is 0.645 bits per heavy atom. The molecular weight excluding hydrogens is 769 g/mol. The SMILES string of the molecule is CC/C=C\C/C=C\C/C=C\C/C=C\CCCCC(=O)OC[C@H](COC(=O)CCCCCCCCCCCCCC)OC(=O)CCC/C=C\C/C=C\C/C=C\C/C=C\CCCCC. The fourth-order valence-electron chi connectivity index (χ4n) is 6.54. The van der Waals surface area contributed by atoms with E-state index in [1.165, 1.54) is 83.5 Å². The van der Waals surface area contributed by atoms with Crippen LogP contribution in [0.5, 0.6) is 0 Å². The van der Waals surface area contributed by atoms with Crippen molar-refractivity contribution in [2.75, 3.05) is 13.2 Å². The lowest BCUT2D eigenvalue weighted by Gasteiger charge is -2.18. The molecule has 0 saturated carbocycles. The molecule has 0 spiro atoms. The zero-order chi connectivity index (χ0) is 45.1. The molecule has 0 aliphatic carbocycles. The first-order valence-corrected chi connectivity index (χ1v) is 25.2. The molecule has 0 saturated heterocycles. The van der Waals surface area contributed by atoms with Crippen LogP contribution in [0.1, 0.15) is 220 Å². The second-order valence-electron chi connectivity index (χ2n) is 16.3. The lowest BCUT2D eigenvalue weighted by Crippen LogP contribution is -2.30. The van der Waals surface area contributed by atoms with Crippen LogP contribution < -0.4 is 0 Å². The minimum Gasteiger partial charge on any atom is -0.462 e. The van der Waals surface area contributed by atoms with Crippen LogP contribution >= 0.6 is 0 Å². The van der Waals surface area contributed by atoms with E-state index in [1.807, 2.05) is 0 Å². The Morgan fingerprint density at radius 3 is 1.06 bits per heavy atom. The quantitative estimate of drug-likeness (QED) is 0.0263. The van der Waals surface area contributed by atoms with E-state index in [4.69, 9.17) is 14.2 Å². The number of allylic oxidation sites excluding steroid dienone is 16. The third-order valence-electron chi connectivity index (χ3n) is 10.3. The van der Waals surface area contributed by atoms with Crippen LogP contribution in [0.25, 0.3) is 0 Å². The summed E-state index contributed by atoms with van der Waals surface area (Å²) < 4.78 is 16.7. The Balaban J connectivity index is 4.55. The van der Waals surface area contributed by atoms with E-state index in [-0.39, 0.29) is 37.5 Å². The number of ether oxygens (including phenoxy) is 3. The molecule has 0 bridgehead atoms. The summed E-state index contributed by atoms with van der Waals surface area (Å²) in [4.78, 5) is 37.9. The average molecular weight is 861 g/mol. The maximum absolute atomic E-state index is 12.8. The smallest absolute Gasteiger partial charge is 0.306 e. The number of carbonyl (C=O) groups is 3. The van der Waals surface area contributed by atoms with Gasteiger partial charge in [-0.05, 0) is 96.3 Å². The standard InChI is InChI=1S/C56H92O6/c1-4-7-10-13-16-19-22-25-27-28-30-32-35-38-41-44-47-50-56(59)62-53(51-60-54(57)48-45-42-39-36-33-24-21-18-15-12-9-6-3)52-61-55(58)49-46-43-40-37-34-31-29-26-23-20-17-14-11-8-5-2/h8,11,16-17,19-20,25-27,29-30,32,34,37-38,41,53H,4-7,9-10,12-15,18,21-24,28,31,33,35-36,39-40,42-52H2,1-3H3/b11-8-,19-16-,20-17-,27-25-,29-26-,32-30-,37-34-,41-38-/t53-/m0/s1. The number of carbonyl (C=O) groups excluding carboxylic acids is 3. The van der Waals surface area contributed by atoms with Gasteiger partial charge < -0.3 is 14.2 Å². The van der Waals surface area contributed by atoms with Gasteiger partial charge in [0.2, 0.25) is 0 Å². The molecule has 0 aromatic heterocycles. The lowest BCUT2D eigenvalue weighted by molar-refractivity contribution is -0.167. The highest BCUT2D eigenvalue weighted by Gasteiger charge is 2.19. The molecular formula is C56H92O6. The van der Waals surface area contributed by atoms with Crippen molar-refractivity contribution in [3.8, 4) is 0 Å². The van der Waals surface area contributed by atoms with Crippen molar-refractivity contribution in [3.05, 3.63) is 97.2 Å². The molecule has 0 rings (SSSR count). The molecule has 0 aromatic carbocycles.